The summed E-state index contributed by atoms with van der Waals surface area (Å²) in [6.45, 7) is 13.0. The molecule has 8 heteroatoms. The maximum Gasteiger partial charge on any atom is 0.155 e. The number of anilines is 1. The molecule has 1 aromatic carbocycles. The third-order valence-electron chi connectivity index (χ3n) is 5.40. The van der Waals surface area contributed by atoms with Crippen molar-refractivity contribution in [1.82, 2.24) is 10.6 Å². The highest BCUT2D eigenvalue weighted by atomic mass is 16.5. The molecular weight excluding hydrogens is 454 g/mol. The smallest absolute Gasteiger partial charge is 0.155 e. The number of allylic oxidation sites excluding steroid dienone is 3. The minimum Gasteiger partial charge on any atom is -0.398 e. The Labute approximate surface area is 216 Å². The van der Waals surface area contributed by atoms with Gasteiger partial charge in [0, 0.05) is 37.2 Å². The molecule has 0 radical (unpaired) electrons. The molecule has 1 rings (SSSR count). The van der Waals surface area contributed by atoms with Crippen LogP contribution in [0.25, 0.3) is 0 Å². The number of methoxy groups -OCH3 is 1. The van der Waals surface area contributed by atoms with E-state index in [-0.39, 0.29) is 18.4 Å². The van der Waals surface area contributed by atoms with Crippen LogP contribution in [0.5, 0.6) is 0 Å². The number of benzene rings is 1. The minimum atomic E-state index is -0.279. The Morgan fingerprint density at radius 1 is 1.25 bits per heavy atom. The van der Waals surface area contributed by atoms with Crippen LogP contribution in [-0.2, 0) is 9.53 Å². The summed E-state index contributed by atoms with van der Waals surface area (Å²) < 4.78 is 5.04. The lowest BCUT2D eigenvalue weighted by Gasteiger charge is -2.20. The van der Waals surface area contributed by atoms with Crippen molar-refractivity contribution in [1.29, 1.82) is 0 Å². The summed E-state index contributed by atoms with van der Waals surface area (Å²) in [5.74, 6) is 0.880. The topological polar surface area (TPSA) is 121 Å². The Bertz CT molecular complexity index is 965. The normalized spacial score (nSPS) is 14.2. The van der Waals surface area contributed by atoms with Crippen molar-refractivity contribution < 1.29 is 14.6 Å². The number of carbonyl (C=O) groups excluding carboxylic acids is 1. The monoisotopic (exact) mass is 497 g/mol. The van der Waals surface area contributed by atoms with Crippen LogP contribution in [0.15, 0.2) is 82.3 Å². The number of nitrogens with one attached hydrogen (secondary N) is 3. The van der Waals surface area contributed by atoms with Crippen LogP contribution < -0.4 is 21.7 Å². The molecule has 0 saturated carbocycles. The zero-order valence-corrected chi connectivity index (χ0v) is 22.4. The number of unbranched alkanes of at least 4 members (excludes halogenated alkanes) is 1. The van der Waals surface area contributed by atoms with Gasteiger partial charge in [-0.3, -0.25) is 4.79 Å². The van der Waals surface area contributed by atoms with Crippen LogP contribution in [-0.4, -0.2) is 56.2 Å². The Morgan fingerprint density at radius 3 is 2.53 bits per heavy atom. The van der Waals surface area contributed by atoms with E-state index in [0.717, 1.165) is 24.1 Å². The lowest BCUT2D eigenvalue weighted by Crippen LogP contribution is -2.41. The molecule has 0 heterocycles. The Kier molecular flexibility index (Phi) is 14.8. The number of rotatable bonds is 16. The van der Waals surface area contributed by atoms with Crippen molar-refractivity contribution in [2.24, 2.45) is 10.7 Å². The van der Waals surface area contributed by atoms with E-state index in [4.69, 9.17) is 10.5 Å². The molecular formula is C28H43N5O3. The maximum absolute atomic E-state index is 11.9. The molecule has 0 aliphatic carbocycles. The maximum atomic E-state index is 11.9. The number of hydrogen-bond acceptors (Lipinski definition) is 7. The number of ether oxygens (including phenoxy) is 1. The molecule has 0 saturated heterocycles. The number of hydrogen-bond donors (Lipinski definition) is 5. The first-order chi connectivity index (χ1) is 17.2. The molecule has 1 aromatic rings. The number of aliphatic imine (C=N–C) groups is 1. The molecule has 0 aliphatic rings. The van der Waals surface area contributed by atoms with Crippen molar-refractivity contribution in [3.05, 3.63) is 77.3 Å². The number of amidine groups is 1. The first kappa shape index (κ1) is 30.8. The number of ketones is 1. The van der Waals surface area contributed by atoms with E-state index in [0.29, 0.717) is 48.2 Å². The quantitative estimate of drug-likeness (QED) is 0.0777. The van der Waals surface area contributed by atoms with E-state index < -0.39 is 0 Å². The summed E-state index contributed by atoms with van der Waals surface area (Å²) in [6, 6.07) is 9.36. The van der Waals surface area contributed by atoms with E-state index in [1.54, 1.807) is 14.0 Å². The van der Waals surface area contributed by atoms with Crippen LogP contribution in [0.4, 0.5) is 5.69 Å². The third kappa shape index (κ3) is 11.5. The Morgan fingerprint density at radius 2 is 1.94 bits per heavy atom. The van der Waals surface area contributed by atoms with Crippen molar-refractivity contribution in [2.45, 2.75) is 46.6 Å². The van der Waals surface area contributed by atoms with Crippen LogP contribution >= 0.6 is 0 Å². The summed E-state index contributed by atoms with van der Waals surface area (Å²) in [4.78, 5) is 16.6. The van der Waals surface area contributed by atoms with Crippen LogP contribution in [0.3, 0.4) is 0 Å². The fraction of sp³-hybridized carbons (Fsp3) is 0.429. The summed E-state index contributed by atoms with van der Waals surface area (Å²) in [5.41, 5.74) is 10.1. The average Bonchev–Trinajstić information content (AvgIpc) is 2.87. The molecule has 1 atom stereocenters. The van der Waals surface area contributed by atoms with Gasteiger partial charge in [-0.2, -0.15) is 0 Å². The number of Topliss-reactive ketones (excluding diaryl/α,β-unsaturated/α-hetero) is 1. The average molecular weight is 498 g/mol. The van der Waals surface area contributed by atoms with Crippen LogP contribution in [0.1, 0.15) is 40.5 Å². The van der Waals surface area contributed by atoms with E-state index in [2.05, 4.69) is 34.4 Å². The fourth-order valence-electron chi connectivity index (χ4n) is 3.10. The minimum absolute atomic E-state index is 0.00844. The van der Waals surface area contributed by atoms with E-state index in [1.165, 1.54) is 6.92 Å². The highest BCUT2D eigenvalue weighted by Crippen LogP contribution is 2.18. The number of nitrogens with two attached hydrogens (primary N) is 1. The van der Waals surface area contributed by atoms with Gasteiger partial charge in [-0.1, -0.05) is 44.2 Å². The highest BCUT2D eigenvalue weighted by Gasteiger charge is 2.13. The third-order valence-corrected chi connectivity index (χ3v) is 5.40. The van der Waals surface area contributed by atoms with E-state index >= 15 is 0 Å². The molecule has 0 spiro atoms. The number of aliphatic hydroxyl groups excluding tert-OH is 1. The Hall–Kier alpha value is -3.20. The number of carbonyl (C=O) groups is 1. The van der Waals surface area contributed by atoms with Crippen molar-refractivity contribution in [2.75, 3.05) is 38.7 Å². The summed E-state index contributed by atoms with van der Waals surface area (Å²) >= 11 is 0. The standard InChI is InChI=1S/C28H43N5O3/c1-7-8-12-24(17-20(2)22(4)35)27(29)21(3)28(33-25-13-10-9-11-14-25)32-23(5)31-26(19-34)18-30-15-16-36-6/h9-14,17,26,30-31,34H,5,7-8,15-16,18-19,29H2,1-4,6H3,(H,32,33)/b20-17-,24-12+,27-21?/t26-/m1/s1. The molecule has 0 unspecified atom stereocenters. The molecule has 0 fully saturated rings. The van der Waals surface area contributed by atoms with Crippen LogP contribution in [0.2, 0.25) is 0 Å². The molecule has 0 bridgehead atoms. The summed E-state index contributed by atoms with van der Waals surface area (Å²) in [7, 11) is 1.64. The molecule has 8 nitrogen and oxygen atoms in total. The van der Waals surface area contributed by atoms with Crippen LogP contribution in [0, 0.1) is 0 Å². The second-order valence-electron chi connectivity index (χ2n) is 8.49. The zero-order valence-electron chi connectivity index (χ0n) is 22.4. The van der Waals surface area contributed by atoms with Crippen molar-refractivity contribution in [3.8, 4) is 0 Å². The van der Waals surface area contributed by atoms with Gasteiger partial charge in [0.15, 0.2) is 5.78 Å². The van der Waals surface area contributed by atoms with Gasteiger partial charge < -0.3 is 31.5 Å². The number of para-hydroxylation sites is 1. The summed E-state index contributed by atoms with van der Waals surface area (Å²) in [6.07, 6.45) is 5.63. The predicted octanol–water partition coefficient (Wildman–Crippen LogP) is 3.65. The van der Waals surface area contributed by atoms with Crippen molar-refractivity contribution >= 4 is 17.3 Å². The van der Waals surface area contributed by atoms with Gasteiger partial charge in [-0.05, 0) is 56.5 Å². The summed E-state index contributed by atoms with van der Waals surface area (Å²) in [5, 5.41) is 19.5. The SMILES string of the molecule is C=C(N=C(Nc1ccccc1)C(C)=C(N)C(/C=C(/C)C(C)=O)=C/CCC)N[C@@H](CO)CNCCOC. The van der Waals surface area contributed by atoms with E-state index in [9.17, 15) is 9.90 Å². The lowest BCUT2D eigenvalue weighted by molar-refractivity contribution is -0.113. The highest BCUT2D eigenvalue weighted by molar-refractivity contribution is 6.09. The second-order valence-corrected chi connectivity index (χ2v) is 8.49. The molecule has 0 aromatic heterocycles. The first-order valence-electron chi connectivity index (χ1n) is 12.3. The number of nitrogens with zero attached hydrogens (tertiary/aromatic N) is 1. The second kappa shape index (κ2) is 17.3. The van der Waals surface area contributed by atoms with Gasteiger partial charge in [0.25, 0.3) is 0 Å². The van der Waals surface area contributed by atoms with E-state index in [1.807, 2.05) is 49.4 Å². The predicted molar refractivity (Wildman–Crippen MR) is 150 cm³/mol. The molecule has 0 amide bonds. The largest absolute Gasteiger partial charge is 0.398 e. The lowest BCUT2D eigenvalue weighted by atomic mass is 10.0. The first-order valence-corrected chi connectivity index (χ1v) is 12.3. The Balaban J connectivity index is 3.34. The van der Waals surface area contributed by atoms with Gasteiger partial charge in [0.1, 0.15) is 11.7 Å². The molecule has 0 aliphatic heterocycles. The number of aliphatic hydroxyl groups is 1. The van der Waals surface area contributed by atoms with Gasteiger partial charge >= 0.3 is 0 Å². The van der Waals surface area contributed by atoms with Crippen molar-refractivity contribution in [3.63, 3.8) is 0 Å². The molecule has 36 heavy (non-hydrogen) atoms. The van der Waals surface area contributed by atoms with Gasteiger partial charge in [0.2, 0.25) is 0 Å². The fourth-order valence-corrected chi connectivity index (χ4v) is 3.10. The molecule has 6 N–H and O–H groups in total. The van der Waals surface area contributed by atoms with Gasteiger partial charge in [-0.15, -0.1) is 0 Å². The van der Waals surface area contributed by atoms with Gasteiger partial charge in [0.05, 0.1) is 19.3 Å². The molecule has 198 valence electrons. The zero-order chi connectivity index (χ0) is 26.9. The van der Waals surface area contributed by atoms with Gasteiger partial charge in [-0.25, -0.2) is 4.99 Å².